The van der Waals surface area contributed by atoms with Crippen molar-refractivity contribution in [3.05, 3.63) is 71.1 Å². The van der Waals surface area contributed by atoms with E-state index in [-0.39, 0.29) is 17.4 Å². The van der Waals surface area contributed by atoms with Gasteiger partial charge in [-0.1, -0.05) is 30.0 Å². The van der Waals surface area contributed by atoms with Gasteiger partial charge in [0.05, 0.1) is 29.8 Å². The Morgan fingerprint density at radius 3 is 2.88 bits per heavy atom. The van der Waals surface area contributed by atoms with E-state index in [1.165, 1.54) is 11.8 Å². The summed E-state index contributed by atoms with van der Waals surface area (Å²) in [5.74, 6) is 1.49. The standard InChI is InChI=1S/C23H18N4O3S2/c1-30-19-6-3-2-5-17(19)27-22(20-7-4-10-31-20)25-26-23(27)32-13-18(28)14-8-9-16-15(11-14)12-21(29)24-16/h2-11H,12-13H2,1H3,(H,24,29). The minimum absolute atomic E-state index is 0.0376. The normalized spacial score (nSPS) is 12.5. The first-order chi connectivity index (χ1) is 15.6. The molecular weight excluding hydrogens is 444 g/mol. The SMILES string of the molecule is COc1ccccc1-n1c(SCC(=O)c2ccc3c(c2)CC(=O)N3)nnc1-c1cccs1. The van der Waals surface area contributed by atoms with Crippen molar-refractivity contribution in [1.82, 2.24) is 14.8 Å². The van der Waals surface area contributed by atoms with Crippen LogP contribution in [-0.2, 0) is 11.2 Å². The summed E-state index contributed by atoms with van der Waals surface area (Å²) in [7, 11) is 1.62. The van der Waals surface area contributed by atoms with E-state index in [1.807, 2.05) is 46.3 Å². The molecule has 160 valence electrons. The number of anilines is 1. The van der Waals surface area contributed by atoms with Gasteiger partial charge in [-0.15, -0.1) is 21.5 Å². The first-order valence-electron chi connectivity index (χ1n) is 9.85. The number of aromatic nitrogens is 3. The number of para-hydroxylation sites is 2. The van der Waals surface area contributed by atoms with Crippen LogP contribution in [0.25, 0.3) is 16.4 Å². The van der Waals surface area contributed by atoms with Crippen molar-refractivity contribution in [2.75, 3.05) is 18.2 Å². The highest BCUT2D eigenvalue weighted by Gasteiger charge is 2.22. The summed E-state index contributed by atoms with van der Waals surface area (Å²) in [6.45, 7) is 0. The molecule has 3 heterocycles. The van der Waals surface area contributed by atoms with Gasteiger partial charge in [-0.3, -0.25) is 14.2 Å². The monoisotopic (exact) mass is 462 g/mol. The number of Topliss-reactive ketones (excluding diaryl/α,β-unsaturated/α-hetero) is 1. The van der Waals surface area contributed by atoms with E-state index in [1.54, 1.807) is 36.6 Å². The largest absolute Gasteiger partial charge is 0.495 e. The minimum atomic E-state index is -0.0509. The molecule has 1 amide bonds. The Morgan fingerprint density at radius 1 is 1.19 bits per heavy atom. The van der Waals surface area contributed by atoms with Crippen molar-refractivity contribution >= 4 is 40.5 Å². The molecule has 0 saturated heterocycles. The van der Waals surface area contributed by atoms with E-state index in [2.05, 4.69) is 15.5 Å². The van der Waals surface area contributed by atoms with Gasteiger partial charge in [0.1, 0.15) is 5.75 Å². The zero-order valence-electron chi connectivity index (χ0n) is 17.1. The maximum atomic E-state index is 12.9. The summed E-state index contributed by atoms with van der Waals surface area (Å²) < 4.78 is 7.48. The van der Waals surface area contributed by atoms with Crippen molar-refractivity contribution in [3.8, 4) is 22.1 Å². The van der Waals surface area contributed by atoms with Crippen molar-refractivity contribution in [1.29, 1.82) is 0 Å². The van der Waals surface area contributed by atoms with Crippen LogP contribution in [0.5, 0.6) is 5.75 Å². The maximum Gasteiger partial charge on any atom is 0.228 e. The zero-order chi connectivity index (χ0) is 22.1. The molecule has 2 aromatic carbocycles. The molecule has 0 radical (unpaired) electrons. The van der Waals surface area contributed by atoms with Crippen molar-refractivity contribution in [3.63, 3.8) is 0 Å². The maximum absolute atomic E-state index is 12.9. The number of thioether (sulfide) groups is 1. The molecule has 1 aliphatic heterocycles. The average molecular weight is 463 g/mol. The fraction of sp³-hybridized carbons (Fsp3) is 0.130. The third kappa shape index (κ3) is 3.80. The number of benzene rings is 2. The summed E-state index contributed by atoms with van der Waals surface area (Å²) in [6, 6.07) is 16.9. The number of rotatable bonds is 7. The third-order valence-corrected chi connectivity index (χ3v) is 6.88. The van der Waals surface area contributed by atoms with Crippen LogP contribution in [0, 0.1) is 0 Å². The Kier molecular flexibility index (Phi) is 5.50. The van der Waals surface area contributed by atoms with Gasteiger partial charge in [0.2, 0.25) is 5.91 Å². The Hall–Kier alpha value is -3.43. The van der Waals surface area contributed by atoms with Crippen LogP contribution in [0.4, 0.5) is 5.69 Å². The number of fused-ring (bicyclic) bond motifs is 1. The number of hydrogen-bond acceptors (Lipinski definition) is 7. The molecule has 0 unspecified atom stereocenters. The Bertz CT molecular complexity index is 1310. The van der Waals surface area contributed by atoms with Gasteiger partial charge in [-0.05, 0) is 47.3 Å². The number of nitrogens with zero attached hydrogens (tertiary/aromatic N) is 3. The van der Waals surface area contributed by atoms with Crippen LogP contribution < -0.4 is 10.1 Å². The zero-order valence-corrected chi connectivity index (χ0v) is 18.7. The summed E-state index contributed by atoms with van der Waals surface area (Å²) in [6.07, 6.45) is 0.301. The number of nitrogens with one attached hydrogen (secondary N) is 1. The predicted molar refractivity (Wildman–Crippen MR) is 125 cm³/mol. The second kappa shape index (κ2) is 8.60. The molecule has 0 bridgehead atoms. The van der Waals surface area contributed by atoms with Gasteiger partial charge in [0.25, 0.3) is 0 Å². The molecule has 32 heavy (non-hydrogen) atoms. The van der Waals surface area contributed by atoms with E-state index in [0.29, 0.717) is 28.7 Å². The molecule has 7 nitrogen and oxygen atoms in total. The fourth-order valence-corrected chi connectivity index (χ4v) is 5.11. The van der Waals surface area contributed by atoms with E-state index in [4.69, 9.17) is 4.74 Å². The molecule has 2 aromatic heterocycles. The van der Waals surface area contributed by atoms with Crippen molar-refractivity contribution in [2.45, 2.75) is 11.6 Å². The van der Waals surface area contributed by atoms with Gasteiger partial charge in [-0.25, -0.2) is 0 Å². The lowest BCUT2D eigenvalue weighted by Crippen LogP contribution is -2.06. The lowest BCUT2D eigenvalue weighted by atomic mass is 10.1. The number of thiophene rings is 1. The quantitative estimate of drug-likeness (QED) is 0.322. The van der Waals surface area contributed by atoms with Crippen LogP contribution in [-0.4, -0.2) is 39.3 Å². The second-order valence-electron chi connectivity index (χ2n) is 7.10. The van der Waals surface area contributed by atoms with Crippen LogP contribution in [0.15, 0.2) is 65.1 Å². The third-order valence-electron chi connectivity index (χ3n) is 5.09. The van der Waals surface area contributed by atoms with E-state index in [0.717, 1.165) is 21.8 Å². The molecule has 0 aliphatic carbocycles. The minimum Gasteiger partial charge on any atom is -0.495 e. The summed E-state index contributed by atoms with van der Waals surface area (Å²) >= 11 is 2.89. The molecule has 1 aliphatic rings. The molecular formula is C23H18N4O3S2. The van der Waals surface area contributed by atoms with Gasteiger partial charge in [0.15, 0.2) is 16.8 Å². The van der Waals surface area contributed by atoms with Crippen LogP contribution in [0.2, 0.25) is 0 Å². The first-order valence-corrected chi connectivity index (χ1v) is 11.7. The number of ketones is 1. The second-order valence-corrected chi connectivity index (χ2v) is 8.99. The molecule has 9 heteroatoms. The number of amides is 1. The van der Waals surface area contributed by atoms with Crippen molar-refractivity contribution < 1.29 is 14.3 Å². The molecule has 0 saturated carbocycles. The van der Waals surface area contributed by atoms with E-state index < -0.39 is 0 Å². The summed E-state index contributed by atoms with van der Waals surface area (Å²) in [5, 5.41) is 14.2. The number of methoxy groups -OCH3 is 1. The Labute approximate surface area is 192 Å². The summed E-state index contributed by atoms with van der Waals surface area (Å²) in [4.78, 5) is 25.5. The van der Waals surface area contributed by atoms with Gasteiger partial charge >= 0.3 is 0 Å². The Morgan fingerprint density at radius 2 is 2.06 bits per heavy atom. The Balaban J connectivity index is 1.45. The fourth-order valence-electron chi connectivity index (χ4n) is 3.58. The molecule has 5 rings (SSSR count). The molecule has 1 N–H and O–H groups in total. The molecule has 4 aromatic rings. The topological polar surface area (TPSA) is 86.1 Å². The van der Waals surface area contributed by atoms with Gasteiger partial charge < -0.3 is 10.1 Å². The lowest BCUT2D eigenvalue weighted by Gasteiger charge is -2.13. The van der Waals surface area contributed by atoms with Crippen LogP contribution >= 0.6 is 23.1 Å². The highest BCUT2D eigenvalue weighted by Crippen LogP contribution is 2.34. The first kappa shape index (κ1) is 20.5. The van der Waals surface area contributed by atoms with Gasteiger partial charge in [0, 0.05) is 11.3 Å². The predicted octanol–water partition coefficient (Wildman–Crippen LogP) is 4.47. The van der Waals surface area contributed by atoms with E-state index in [9.17, 15) is 9.59 Å². The highest BCUT2D eigenvalue weighted by atomic mass is 32.2. The lowest BCUT2D eigenvalue weighted by molar-refractivity contribution is -0.115. The number of ether oxygens (including phenoxy) is 1. The summed E-state index contributed by atoms with van der Waals surface area (Å²) in [5.41, 5.74) is 3.01. The average Bonchev–Trinajstić information content (AvgIpc) is 3.55. The van der Waals surface area contributed by atoms with Crippen molar-refractivity contribution in [2.24, 2.45) is 0 Å². The number of carbonyl (C=O) groups excluding carboxylic acids is 2. The van der Waals surface area contributed by atoms with E-state index >= 15 is 0 Å². The molecule has 0 atom stereocenters. The van der Waals surface area contributed by atoms with Crippen LogP contribution in [0.3, 0.4) is 0 Å². The molecule has 0 fully saturated rings. The van der Waals surface area contributed by atoms with Gasteiger partial charge in [-0.2, -0.15) is 0 Å². The highest BCUT2D eigenvalue weighted by molar-refractivity contribution is 7.99. The molecule has 0 spiro atoms. The number of carbonyl (C=O) groups is 2. The number of hydrogen-bond donors (Lipinski definition) is 1. The van der Waals surface area contributed by atoms with Crippen LogP contribution in [0.1, 0.15) is 15.9 Å². The smallest absolute Gasteiger partial charge is 0.228 e.